The van der Waals surface area contributed by atoms with Crippen molar-refractivity contribution < 1.29 is 50.7 Å². The summed E-state index contributed by atoms with van der Waals surface area (Å²) in [6.07, 6.45) is 7.38. The summed E-state index contributed by atoms with van der Waals surface area (Å²) in [5.74, 6) is 0.556. The molecule has 0 bridgehead atoms. The molecular weight excluding hydrogens is 333 g/mol. The molecule has 0 aromatic heterocycles. The Hall–Kier alpha value is 0.930. The van der Waals surface area contributed by atoms with Gasteiger partial charge in [0.1, 0.15) is 0 Å². The zero-order valence-corrected chi connectivity index (χ0v) is 11.1. The minimum absolute atomic E-state index is 0. The van der Waals surface area contributed by atoms with Crippen molar-refractivity contribution in [3.8, 4) is 0 Å². The van der Waals surface area contributed by atoms with E-state index in [0.717, 1.165) is 0 Å². The van der Waals surface area contributed by atoms with Crippen LogP contribution in [0.25, 0.3) is 0 Å². The van der Waals surface area contributed by atoms with Gasteiger partial charge in [0.2, 0.25) is 0 Å². The van der Waals surface area contributed by atoms with Crippen LogP contribution in [0.5, 0.6) is 0 Å². The van der Waals surface area contributed by atoms with E-state index in [1.807, 2.05) is 6.08 Å². The van der Waals surface area contributed by atoms with Gasteiger partial charge in [0, 0.05) is 25.8 Å². The number of hydrogen-bond donors (Lipinski definition) is 0. The fraction of sp³-hybridized carbons (Fsp3) is 0.429. The van der Waals surface area contributed by atoms with Crippen molar-refractivity contribution in [2.45, 2.75) is 13.8 Å². The molecule has 0 spiro atoms. The Morgan fingerprint density at radius 2 is 1.90 bits per heavy atom. The van der Waals surface area contributed by atoms with Crippen LogP contribution in [-0.4, -0.2) is 0 Å². The van der Waals surface area contributed by atoms with Crippen LogP contribution in [-0.2, 0) is 25.8 Å². The SMILES string of the molecule is CC1=CC(C)[C-]=C1.[Cl-].[Cl-].[Hf]. The predicted molar refractivity (Wildman–Crippen MR) is 30.7 cm³/mol. The standard InChI is InChI=1S/C7H9.2ClH.Hf/c1-6-3-4-7(2)5-6;;;/h3,5,7H,1-2H3;2*1H;/q-1;;;/p-2. The molecule has 0 fully saturated rings. The van der Waals surface area contributed by atoms with E-state index in [0.29, 0.717) is 5.92 Å². The van der Waals surface area contributed by atoms with Crippen molar-refractivity contribution in [2.75, 3.05) is 0 Å². The first-order chi connectivity index (χ1) is 3.29. The number of hydrogen-bond acceptors (Lipinski definition) is 0. The van der Waals surface area contributed by atoms with Crippen LogP contribution in [0.4, 0.5) is 0 Å². The normalized spacial score (nSPS) is 19.8. The van der Waals surface area contributed by atoms with E-state index in [9.17, 15) is 0 Å². The summed E-state index contributed by atoms with van der Waals surface area (Å²) in [6.45, 7) is 4.23. The maximum Gasteiger partial charge on any atom is 0 e. The van der Waals surface area contributed by atoms with E-state index in [1.54, 1.807) is 0 Å². The monoisotopic (exact) mass is 343 g/mol. The molecule has 0 saturated carbocycles. The molecule has 0 heterocycles. The average molecular weight is 343 g/mol. The van der Waals surface area contributed by atoms with Gasteiger partial charge < -0.3 is 24.8 Å². The number of rotatable bonds is 0. The molecule has 0 nitrogen and oxygen atoms in total. The van der Waals surface area contributed by atoms with E-state index in [1.165, 1.54) is 5.57 Å². The molecule has 1 atom stereocenters. The van der Waals surface area contributed by atoms with Crippen molar-refractivity contribution in [3.05, 3.63) is 23.8 Å². The molecule has 0 amide bonds. The fourth-order valence-electron chi connectivity index (χ4n) is 0.753. The van der Waals surface area contributed by atoms with Crippen LogP contribution in [0.15, 0.2) is 17.7 Å². The largest absolute Gasteiger partial charge is 1.00 e. The Labute approximate surface area is 93.8 Å². The van der Waals surface area contributed by atoms with Crippen LogP contribution >= 0.6 is 0 Å². The van der Waals surface area contributed by atoms with Gasteiger partial charge >= 0.3 is 0 Å². The first kappa shape index (κ1) is 17.1. The first-order valence-electron chi connectivity index (χ1n) is 2.57. The minimum Gasteiger partial charge on any atom is -1.00 e. The van der Waals surface area contributed by atoms with Crippen LogP contribution in [0.1, 0.15) is 13.8 Å². The van der Waals surface area contributed by atoms with Gasteiger partial charge in [-0.1, -0.05) is 12.8 Å². The second-order valence-corrected chi connectivity index (χ2v) is 2.01. The summed E-state index contributed by atoms with van der Waals surface area (Å²) in [5, 5.41) is 0. The van der Waals surface area contributed by atoms with Crippen LogP contribution in [0.2, 0.25) is 0 Å². The molecule has 1 aliphatic carbocycles. The Morgan fingerprint density at radius 1 is 1.40 bits per heavy atom. The zero-order chi connectivity index (χ0) is 5.28. The first-order valence-corrected chi connectivity index (χ1v) is 2.57. The molecule has 0 N–H and O–H groups in total. The average Bonchev–Trinajstić information content (AvgIpc) is 1.87. The third-order valence-corrected chi connectivity index (χ3v) is 1.09. The molecule has 58 valence electrons. The summed E-state index contributed by atoms with van der Waals surface area (Å²) in [6, 6.07) is 0. The fourth-order valence-corrected chi connectivity index (χ4v) is 0.753. The van der Waals surface area contributed by atoms with Crippen LogP contribution in [0.3, 0.4) is 0 Å². The Bertz CT molecular complexity index is 130. The second kappa shape index (κ2) is 8.03. The van der Waals surface area contributed by atoms with Crippen molar-refractivity contribution in [2.24, 2.45) is 5.92 Å². The number of allylic oxidation sites excluding steroid dienone is 4. The van der Waals surface area contributed by atoms with Gasteiger partial charge in [-0.2, -0.15) is 6.08 Å². The van der Waals surface area contributed by atoms with E-state index in [4.69, 9.17) is 0 Å². The molecule has 0 saturated heterocycles. The molecule has 1 unspecified atom stereocenters. The van der Waals surface area contributed by atoms with Gasteiger partial charge in [0.25, 0.3) is 0 Å². The summed E-state index contributed by atoms with van der Waals surface area (Å²) in [5.41, 5.74) is 1.34. The molecular formula is C7H9Cl2Hf-3. The zero-order valence-electron chi connectivity index (χ0n) is 5.99. The molecule has 0 aromatic carbocycles. The van der Waals surface area contributed by atoms with Crippen molar-refractivity contribution in [3.63, 3.8) is 0 Å². The molecule has 0 radical (unpaired) electrons. The Balaban J connectivity index is -0.000000163. The molecule has 1 aliphatic rings. The van der Waals surface area contributed by atoms with Crippen molar-refractivity contribution >= 4 is 0 Å². The predicted octanol–water partition coefficient (Wildman–Crippen LogP) is -4.05. The molecule has 1 rings (SSSR count). The van der Waals surface area contributed by atoms with Gasteiger partial charge in [0.05, 0.1) is 0 Å². The summed E-state index contributed by atoms with van der Waals surface area (Å²) < 4.78 is 0. The van der Waals surface area contributed by atoms with Crippen molar-refractivity contribution in [1.29, 1.82) is 0 Å². The summed E-state index contributed by atoms with van der Waals surface area (Å²) in [4.78, 5) is 0. The van der Waals surface area contributed by atoms with E-state index in [2.05, 4.69) is 26.0 Å². The minimum atomic E-state index is 0. The van der Waals surface area contributed by atoms with E-state index >= 15 is 0 Å². The molecule has 0 aliphatic heterocycles. The summed E-state index contributed by atoms with van der Waals surface area (Å²) in [7, 11) is 0. The Kier molecular flexibility index (Phi) is 13.8. The third kappa shape index (κ3) is 5.70. The molecule has 0 aromatic rings. The quantitative estimate of drug-likeness (QED) is 0.311. The van der Waals surface area contributed by atoms with Gasteiger partial charge in [0.15, 0.2) is 0 Å². The van der Waals surface area contributed by atoms with Gasteiger partial charge in [-0.15, -0.1) is 6.92 Å². The Morgan fingerprint density at radius 3 is 2.00 bits per heavy atom. The van der Waals surface area contributed by atoms with E-state index < -0.39 is 0 Å². The van der Waals surface area contributed by atoms with Gasteiger partial charge in [-0.05, 0) is 0 Å². The van der Waals surface area contributed by atoms with Gasteiger partial charge in [-0.3, -0.25) is 6.08 Å². The van der Waals surface area contributed by atoms with E-state index in [-0.39, 0.29) is 50.7 Å². The van der Waals surface area contributed by atoms with Crippen LogP contribution < -0.4 is 24.8 Å². The van der Waals surface area contributed by atoms with Crippen LogP contribution in [0, 0.1) is 12.0 Å². The third-order valence-electron chi connectivity index (χ3n) is 1.09. The number of halogens is 2. The molecule has 3 heteroatoms. The van der Waals surface area contributed by atoms with Gasteiger partial charge in [-0.25, -0.2) is 11.6 Å². The topological polar surface area (TPSA) is 0 Å². The smallest absolute Gasteiger partial charge is 0 e. The summed E-state index contributed by atoms with van der Waals surface area (Å²) >= 11 is 0. The maximum absolute atomic E-state index is 3.15. The maximum atomic E-state index is 3.15. The van der Waals surface area contributed by atoms with Crippen molar-refractivity contribution in [1.82, 2.24) is 0 Å². The second-order valence-electron chi connectivity index (χ2n) is 2.01. The molecule has 10 heavy (non-hydrogen) atoms.